The molecule has 1 unspecified atom stereocenters. The lowest BCUT2D eigenvalue weighted by molar-refractivity contribution is -0.143. The molecule has 0 radical (unpaired) electrons. The minimum absolute atomic E-state index is 0.199. The summed E-state index contributed by atoms with van der Waals surface area (Å²) in [5, 5.41) is 0. The SMILES string of the molecule is CCNS(=O)(=O)c1ccc(SCC(C)C(=O)OC)cc1. The summed E-state index contributed by atoms with van der Waals surface area (Å²) in [6.07, 6.45) is 0. The van der Waals surface area contributed by atoms with Crippen molar-refractivity contribution in [3.63, 3.8) is 0 Å². The smallest absolute Gasteiger partial charge is 0.309 e. The van der Waals surface area contributed by atoms with Gasteiger partial charge in [-0.2, -0.15) is 0 Å². The van der Waals surface area contributed by atoms with Crippen LogP contribution in [0.4, 0.5) is 0 Å². The highest BCUT2D eigenvalue weighted by atomic mass is 32.2. The third-order valence-corrected chi connectivity index (χ3v) is 5.41. The Bertz CT molecular complexity index is 540. The lowest BCUT2D eigenvalue weighted by Gasteiger charge is -2.09. The van der Waals surface area contributed by atoms with Gasteiger partial charge in [0, 0.05) is 17.2 Å². The fourth-order valence-electron chi connectivity index (χ4n) is 1.48. The normalized spacial score (nSPS) is 12.9. The van der Waals surface area contributed by atoms with E-state index in [1.807, 2.05) is 0 Å². The van der Waals surface area contributed by atoms with Gasteiger partial charge in [0.05, 0.1) is 17.9 Å². The molecular formula is C13H19NO4S2. The molecule has 0 aliphatic rings. The predicted molar refractivity (Wildman–Crippen MR) is 79.2 cm³/mol. The van der Waals surface area contributed by atoms with Crippen molar-refractivity contribution in [2.45, 2.75) is 23.6 Å². The fraction of sp³-hybridized carbons (Fsp3) is 0.462. The van der Waals surface area contributed by atoms with E-state index in [0.717, 1.165) is 4.90 Å². The second-order valence-corrected chi connectivity index (χ2v) is 7.07. The maximum absolute atomic E-state index is 11.8. The molecule has 1 rings (SSSR count). The molecule has 0 amide bonds. The van der Waals surface area contributed by atoms with E-state index in [0.29, 0.717) is 12.3 Å². The molecule has 0 saturated heterocycles. The van der Waals surface area contributed by atoms with Crippen LogP contribution in [0.5, 0.6) is 0 Å². The number of methoxy groups -OCH3 is 1. The molecule has 0 fully saturated rings. The van der Waals surface area contributed by atoms with Gasteiger partial charge in [0.25, 0.3) is 0 Å². The van der Waals surface area contributed by atoms with Crippen LogP contribution in [0.2, 0.25) is 0 Å². The number of nitrogens with one attached hydrogen (secondary N) is 1. The molecular weight excluding hydrogens is 298 g/mol. The Morgan fingerprint density at radius 2 is 1.95 bits per heavy atom. The summed E-state index contributed by atoms with van der Waals surface area (Å²) in [5.41, 5.74) is 0. The van der Waals surface area contributed by atoms with Crippen molar-refractivity contribution in [2.24, 2.45) is 5.92 Å². The van der Waals surface area contributed by atoms with Crippen LogP contribution in [0.1, 0.15) is 13.8 Å². The number of sulfonamides is 1. The van der Waals surface area contributed by atoms with Crippen LogP contribution in [-0.2, 0) is 19.6 Å². The van der Waals surface area contributed by atoms with E-state index in [9.17, 15) is 13.2 Å². The van der Waals surface area contributed by atoms with E-state index >= 15 is 0 Å². The molecule has 5 nitrogen and oxygen atoms in total. The van der Waals surface area contributed by atoms with Gasteiger partial charge >= 0.3 is 5.97 Å². The second kappa shape index (κ2) is 7.66. The molecule has 20 heavy (non-hydrogen) atoms. The number of rotatable bonds is 7. The largest absolute Gasteiger partial charge is 0.469 e. The molecule has 112 valence electrons. The molecule has 0 heterocycles. The summed E-state index contributed by atoms with van der Waals surface area (Å²) in [5.74, 6) is 0.144. The Kier molecular flexibility index (Phi) is 6.51. The molecule has 1 aromatic rings. The molecule has 0 aliphatic carbocycles. The highest BCUT2D eigenvalue weighted by molar-refractivity contribution is 7.99. The quantitative estimate of drug-likeness (QED) is 0.614. The van der Waals surface area contributed by atoms with Gasteiger partial charge in [-0.05, 0) is 24.3 Å². The van der Waals surface area contributed by atoms with E-state index in [1.165, 1.54) is 18.9 Å². The van der Waals surface area contributed by atoms with Gasteiger partial charge in [0.1, 0.15) is 0 Å². The molecule has 1 atom stereocenters. The summed E-state index contributed by atoms with van der Waals surface area (Å²) in [6, 6.07) is 6.59. The zero-order valence-corrected chi connectivity index (χ0v) is 13.4. The van der Waals surface area contributed by atoms with Crippen molar-refractivity contribution in [1.82, 2.24) is 4.72 Å². The number of hydrogen-bond acceptors (Lipinski definition) is 5. The Morgan fingerprint density at radius 3 is 2.45 bits per heavy atom. The standard InChI is InChI=1S/C13H19NO4S2/c1-4-14-20(16,17)12-7-5-11(6-8-12)19-9-10(2)13(15)18-3/h5-8,10,14H,4,9H2,1-3H3. The topological polar surface area (TPSA) is 72.5 Å². The first kappa shape index (κ1) is 17.0. The lowest BCUT2D eigenvalue weighted by atomic mass is 10.2. The van der Waals surface area contributed by atoms with Gasteiger partial charge in [0.2, 0.25) is 10.0 Å². The third-order valence-electron chi connectivity index (χ3n) is 2.57. The Balaban J connectivity index is 2.66. The van der Waals surface area contributed by atoms with Crippen LogP contribution in [-0.4, -0.2) is 33.8 Å². The van der Waals surface area contributed by atoms with Crippen LogP contribution in [0.25, 0.3) is 0 Å². The van der Waals surface area contributed by atoms with Crippen LogP contribution in [0.3, 0.4) is 0 Å². The number of hydrogen-bond donors (Lipinski definition) is 1. The first-order valence-electron chi connectivity index (χ1n) is 6.21. The van der Waals surface area contributed by atoms with Crippen molar-refractivity contribution in [3.8, 4) is 0 Å². The third kappa shape index (κ3) is 4.81. The summed E-state index contributed by atoms with van der Waals surface area (Å²) in [6.45, 7) is 3.88. The number of thioether (sulfide) groups is 1. The van der Waals surface area contributed by atoms with Crippen LogP contribution in [0, 0.1) is 5.92 Å². The summed E-state index contributed by atoms with van der Waals surface area (Å²) in [7, 11) is -2.04. The maximum Gasteiger partial charge on any atom is 0.309 e. The van der Waals surface area contributed by atoms with Gasteiger partial charge in [-0.1, -0.05) is 13.8 Å². The highest BCUT2D eigenvalue weighted by Crippen LogP contribution is 2.22. The van der Waals surface area contributed by atoms with E-state index in [1.54, 1.807) is 38.1 Å². The van der Waals surface area contributed by atoms with Gasteiger partial charge in [0.15, 0.2) is 0 Å². The second-order valence-electron chi connectivity index (χ2n) is 4.21. The van der Waals surface area contributed by atoms with E-state index in [-0.39, 0.29) is 16.8 Å². The molecule has 0 bridgehead atoms. The van der Waals surface area contributed by atoms with Crippen molar-refractivity contribution < 1.29 is 17.9 Å². The number of esters is 1. The van der Waals surface area contributed by atoms with Gasteiger partial charge in [-0.15, -0.1) is 11.8 Å². The molecule has 0 aliphatic heterocycles. The van der Waals surface area contributed by atoms with Crippen LogP contribution in [0.15, 0.2) is 34.1 Å². The van der Waals surface area contributed by atoms with E-state index in [4.69, 9.17) is 0 Å². The number of carbonyl (C=O) groups excluding carboxylic acids is 1. The number of benzene rings is 1. The Morgan fingerprint density at radius 1 is 1.35 bits per heavy atom. The minimum Gasteiger partial charge on any atom is -0.469 e. The van der Waals surface area contributed by atoms with Crippen molar-refractivity contribution in [2.75, 3.05) is 19.4 Å². The van der Waals surface area contributed by atoms with Crippen LogP contribution < -0.4 is 4.72 Å². The molecule has 7 heteroatoms. The average Bonchev–Trinajstić information content (AvgIpc) is 2.44. The first-order valence-corrected chi connectivity index (χ1v) is 8.68. The summed E-state index contributed by atoms with van der Waals surface area (Å²) >= 11 is 1.49. The minimum atomic E-state index is -3.41. The van der Waals surface area contributed by atoms with Gasteiger partial charge in [-0.3, -0.25) is 4.79 Å². The van der Waals surface area contributed by atoms with Crippen LogP contribution >= 0.6 is 11.8 Å². The summed E-state index contributed by atoms with van der Waals surface area (Å²) < 4.78 is 30.6. The molecule has 0 spiro atoms. The predicted octanol–water partition coefficient (Wildman–Crippen LogP) is 1.89. The molecule has 0 saturated carbocycles. The van der Waals surface area contributed by atoms with Gasteiger partial charge < -0.3 is 4.74 Å². The zero-order valence-electron chi connectivity index (χ0n) is 11.8. The fourth-order valence-corrected chi connectivity index (χ4v) is 3.43. The van der Waals surface area contributed by atoms with E-state index in [2.05, 4.69) is 9.46 Å². The highest BCUT2D eigenvalue weighted by Gasteiger charge is 2.14. The average molecular weight is 317 g/mol. The zero-order chi connectivity index (χ0) is 15.2. The summed E-state index contributed by atoms with van der Waals surface area (Å²) in [4.78, 5) is 12.4. The van der Waals surface area contributed by atoms with E-state index < -0.39 is 10.0 Å². The van der Waals surface area contributed by atoms with Crippen molar-refractivity contribution in [3.05, 3.63) is 24.3 Å². The molecule has 0 aromatic heterocycles. The van der Waals surface area contributed by atoms with Crippen molar-refractivity contribution in [1.29, 1.82) is 0 Å². The lowest BCUT2D eigenvalue weighted by Crippen LogP contribution is -2.22. The number of carbonyl (C=O) groups is 1. The molecule has 1 N–H and O–H groups in total. The van der Waals surface area contributed by atoms with Crippen molar-refractivity contribution >= 4 is 27.8 Å². The number of ether oxygens (including phenoxy) is 1. The molecule has 1 aromatic carbocycles. The maximum atomic E-state index is 11.8. The van der Waals surface area contributed by atoms with Gasteiger partial charge in [-0.25, -0.2) is 13.1 Å². The Hall–Kier alpha value is -1.05. The Labute approximate surface area is 124 Å². The monoisotopic (exact) mass is 317 g/mol. The first-order chi connectivity index (χ1) is 9.40.